The smallest absolute Gasteiger partial charge is 0.390 e. The fraction of sp³-hybridized carbons (Fsp3) is 0.636. The Hall–Kier alpha value is -1.07. The first kappa shape index (κ1) is 33.1. The van der Waals surface area contributed by atoms with Gasteiger partial charge in [0.2, 0.25) is 0 Å². The molecule has 0 unspecified atom stereocenters. The van der Waals surface area contributed by atoms with E-state index in [9.17, 15) is 9.90 Å². The number of aromatic nitrogens is 2. The molecule has 1 aromatic heterocycles. The molecule has 0 bridgehead atoms. The van der Waals surface area contributed by atoms with Crippen LogP contribution < -0.4 is 11.4 Å². The van der Waals surface area contributed by atoms with Crippen LogP contribution in [0.15, 0.2) is 17.1 Å². The average Bonchev–Trinajstić information content (AvgIpc) is 2.78. The molecule has 18 nitrogen and oxygen atoms in total. The van der Waals surface area contributed by atoms with Crippen molar-refractivity contribution in [3.63, 3.8) is 0 Å². The molecule has 0 radical (unpaired) electrons. The number of aliphatic hydroxyl groups is 1. The number of phosphoric acid groups is 3. The maximum Gasteiger partial charge on any atom is 0.466 e. The number of hydrogen-bond acceptors (Lipinski definition) is 8. The number of nitrogen functional groups attached to an aromatic ring is 1. The highest BCUT2D eigenvalue weighted by Gasteiger charge is 2.43. The Morgan fingerprint density at radius 3 is 1.72 bits per heavy atom. The third-order valence-electron chi connectivity index (χ3n) is 3.40. The van der Waals surface area contributed by atoms with E-state index in [0.29, 0.717) is 12.8 Å². The van der Waals surface area contributed by atoms with Gasteiger partial charge in [-0.05, 0) is 19.4 Å². The van der Waals surface area contributed by atoms with Crippen LogP contribution in [0.4, 0.5) is 5.82 Å². The Morgan fingerprint density at radius 1 is 1.06 bits per heavy atom. The number of rotatable bonds is 2. The van der Waals surface area contributed by atoms with Gasteiger partial charge < -0.3 is 59.6 Å². The summed E-state index contributed by atoms with van der Waals surface area (Å²) < 4.78 is 33.8. The van der Waals surface area contributed by atoms with Crippen LogP contribution in [-0.4, -0.2) is 70.4 Å². The summed E-state index contributed by atoms with van der Waals surface area (Å²) >= 11 is 0. The standard InChI is InChI=1S/C11H17N3O3.3H3O4P/c1-3-11(2)7(15)6-9(17-11)14-5-4-8(12)13-10(14)16;3*1-5(2,3)4/h4-5,7,9,15H,3,6H2,1-2H3,(H2,12,13,16);3*(H3,1,2,3,4)/t7-,9+,11+;;;/m0.../s1. The first-order valence-electron chi connectivity index (χ1n) is 8.01. The lowest BCUT2D eigenvalue weighted by Crippen LogP contribution is -2.35. The largest absolute Gasteiger partial charge is 0.466 e. The van der Waals surface area contributed by atoms with Crippen LogP contribution in [0, 0.1) is 0 Å². The maximum absolute atomic E-state index is 11.6. The number of nitrogens with two attached hydrogens (primary N) is 1. The van der Waals surface area contributed by atoms with Crippen LogP contribution in [0.3, 0.4) is 0 Å². The summed E-state index contributed by atoms with van der Waals surface area (Å²) in [6.07, 6.45) is 1.55. The molecule has 1 aromatic rings. The third kappa shape index (κ3) is 19.6. The minimum Gasteiger partial charge on any atom is -0.390 e. The lowest BCUT2D eigenvalue weighted by Gasteiger charge is -2.26. The van der Waals surface area contributed by atoms with Gasteiger partial charge in [-0.25, -0.2) is 18.5 Å². The fourth-order valence-electron chi connectivity index (χ4n) is 2.01. The number of ether oxygens (including phenoxy) is 1. The summed E-state index contributed by atoms with van der Waals surface area (Å²) in [6.45, 7) is 3.78. The van der Waals surface area contributed by atoms with Crippen LogP contribution in [0.2, 0.25) is 0 Å². The quantitative estimate of drug-likeness (QED) is 0.175. The average molecular weight is 533 g/mol. The summed E-state index contributed by atoms with van der Waals surface area (Å²) in [4.78, 5) is 80.0. The number of nitrogens with zero attached hydrogens (tertiary/aromatic N) is 2. The van der Waals surface area contributed by atoms with Crippen molar-refractivity contribution in [3.05, 3.63) is 22.7 Å². The Labute approximate surface area is 180 Å². The van der Waals surface area contributed by atoms with Gasteiger partial charge in [0.25, 0.3) is 0 Å². The van der Waals surface area contributed by atoms with Crippen molar-refractivity contribution in [2.45, 2.75) is 44.6 Å². The normalized spacial score (nSPS) is 23.0. The molecule has 2 rings (SSSR count). The van der Waals surface area contributed by atoms with Gasteiger partial charge in [-0.2, -0.15) is 4.98 Å². The van der Waals surface area contributed by atoms with Gasteiger partial charge in [0.1, 0.15) is 12.0 Å². The number of aliphatic hydroxyl groups excluding tert-OH is 1. The Bertz CT molecular complexity index is 835. The first-order valence-corrected chi connectivity index (χ1v) is 12.7. The topological polar surface area (TPSA) is 324 Å². The molecule has 0 spiro atoms. The van der Waals surface area contributed by atoms with Crippen molar-refractivity contribution in [2.75, 3.05) is 5.73 Å². The predicted molar refractivity (Wildman–Crippen MR) is 105 cm³/mol. The summed E-state index contributed by atoms with van der Waals surface area (Å²) in [6, 6.07) is 1.54. The molecule has 1 aliphatic rings. The molecule has 3 atom stereocenters. The molecular formula is C11H26N3O15P3. The van der Waals surface area contributed by atoms with Crippen molar-refractivity contribution in [3.8, 4) is 0 Å². The fourth-order valence-corrected chi connectivity index (χ4v) is 2.01. The van der Waals surface area contributed by atoms with E-state index in [2.05, 4.69) is 4.98 Å². The molecule has 2 heterocycles. The molecule has 1 saturated heterocycles. The highest BCUT2D eigenvalue weighted by atomic mass is 31.2. The molecule has 21 heteroatoms. The molecule has 1 fully saturated rings. The summed E-state index contributed by atoms with van der Waals surface area (Å²) in [5.41, 5.74) is 4.36. The van der Waals surface area contributed by atoms with E-state index < -0.39 is 47.1 Å². The number of anilines is 1. The van der Waals surface area contributed by atoms with E-state index in [0.717, 1.165) is 0 Å². The lowest BCUT2D eigenvalue weighted by molar-refractivity contribution is -0.0933. The molecular weight excluding hydrogens is 507 g/mol. The lowest BCUT2D eigenvalue weighted by atomic mass is 9.96. The molecule has 0 aliphatic carbocycles. The third-order valence-corrected chi connectivity index (χ3v) is 3.40. The van der Waals surface area contributed by atoms with E-state index >= 15 is 0 Å². The van der Waals surface area contributed by atoms with Crippen molar-refractivity contribution >= 4 is 29.3 Å². The van der Waals surface area contributed by atoms with Gasteiger partial charge in [0, 0.05) is 12.6 Å². The van der Waals surface area contributed by atoms with Crippen molar-refractivity contribution in [2.24, 2.45) is 0 Å². The highest BCUT2D eigenvalue weighted by Crippen LogP contribution is 2.37. The Morgan fingerprint density at radius 2 is 1.44 bits per heavy atom. The van der Waals surface area contributed by atoms with Crippen molar-refractivity contribution in [1.82, 2.24) is 9.55 Å². The second-order valence-corrected chi connectivity index (χ2v) is 9.15. The van der Waals surface area contributed by atoms with Crippen molar-refractivity contribution in [1.29, 1.82) is 0 Å². The van der Waals surface area contributed by atoms with E-state index in [1.165, 1.54) is 4.57 Å². The van der Waals surface area contributed by atoms with Crippen LogP contribution in [0.25, 0.3) is 0 Å². The Kier molecular flexibility index (Phi) is 13.4. The SMILES string of the molecule is CC[C@@]1(C)O[C@@H](n2ccc(N)nc2=O)C[C@@H]1O.O=P(O)(O)O.O=P(O)(O)O.O=P(O)(O)O. The molecule has 0 amide bonds. The summed E-state index contributed by atoms with van der Waals surface area (Å²) in [5.74, 6) is 0.183. The zero-order valence-electron chi connectivity index (χ0n) is 16.6. The molecule has 12 N–H and O–H groups in total. The highest BCUT2D eigenvalue weighted by molar-refractivity contribution is 7.45. The summed E-state index contributed by atoms with van der Waals surface area (Å²) in [7, 11) is -13.9. The zero-order chi connectivity index (χ0) is 26.1. The molecule has 190 valence electrons. The van der Waals surface area contributed by atoms with E-state index in [-0.39, 0.29) is 5.82 Å². The second-order valence-electron chi connectivity index (χ2n) is 6.07. The van der Waals surface area contributed by atoms with Gasteiger partial charge in [-0.1, -0.05) is 6.92 Å². The van der Waals surface area contributed by atoms with E-state index in [1.54, 1.807) is 12.3 Å². The van der Waals surface area contributed by atoms with E-state index in [1.807, 2.05) is 13.8 Å². The van der Waals surface area contributed by atoms with Crippen molar-refractivity contribution < 1.29 is 67.6 Å². The van der Waals surface area contributed by atoms with Gasteiger partial charge in [0.05, 0.1) is 11.7 Å². The minimum atomic E-state index is -4.64. The van der Waals surface area contributed by atoms with E-state index in [4.69, 9.17) is 68.2 Å². The van der Waals surface area contributed by atoms with Gasteiger partial charge in [0.15, 0.2) is 0 Å². The van der Waals surface area contributed by atoms with Crippen LogP contribution in [0.5, 0.6) is 0 Å². The number of hydrogen-bond donors (Lipinski definition) is 11. The zero-order valence-corrected chi connectivity index (χ0v) is 19.2. The predicted octanol–water partition coefficient (Wildman–Crippen LogP) is -2.51. The van der Waals surface area contributed by atoms with Crippen LogP contribution >= 0.6 is 23.5 Å². The molecule has 0 aromatic carbocycles. The minimum absolute atomic E-state index is 0.183. The first-order chi connectivity index (χ1) is 14.0. The van der Waals surface area contributed by atoms with Gasteiger partial charge >= 0.3 is 29.2 Å². The molecule has 0 saturated carbocycles. The van der Waals surface area contributed by atoms with Gasteiger partial charge in [-0.3, -0.25) is 4.57 Å². The maximum atomic E-state index is 11.6. The summed E-state index contributed by atoms with van der Waals surface area (Å²) in [5, 5.41) is 9.94. The molecule has 1 aliphatic heterocycles. The second kappa shape index (κ2) is 13.0. The van der Waals surface area contributed by atoms with Crippen LogP contribution in [-0.2, 0) is 18.4 Å². The Balaban J connectivity index is 0. The van der Waals surface area contributed by atoms with Crippen LogP contribution in [0.1, 0.15) is 32.9 Å². The van der Waals surface area contributed by atoms with Gasteiger partial charge in [-0.15, -0.1) is 0 Å². The molecule has 32 heavy (non-hydrogen) atoms. The monoisotopic (exact) mass is 533 g/mol.